The molecule has 1 unspecified atom stereocenters. The molecule has 3 rings (SSSR count). The van der Waals surface area contributed by atoms with E-state index in [2.05, 4.69) is 10.3 Å². The Morgan fingerprint density at radius 3 is 2.57 bits per heavy atom. The van der Waals surface area contributed by atoms with Gasteiger partial charge in [-0.15, -0.1) is 0 Å². The largest absolute Gasteiger partial charge is 0.327 e. The van der Waals surface area contributed by atoms with E-state index in [1.807, 2.05) is 32.9 Å². The Bertz CT molecular complexity index is 742. The molecule has 2 amide bonds. The van der Waals surface area contributed by atoms with Gasteiger partial charge in [0.25, 0.3) is 0 Å². The van der Waals surface area contributed by atoms with Crippen molar-refractivity contribution in [3.05, 3.63) is 34.2 Å². The summed E-state index contributed by atoms with van der Waals surface area (Å²) < 4.78 is 1.43. The zero-order chi connectivity index (χ0) is 15.6. The van der Waals surface area contributed by atoms with E-state index < -0.39 is 11.9 Å². The third-order valence-corrected chi connectivity index (χ3v) is 3.48. The molecular weight excluding hydrogens is 270 g/mol. The Balaban J connectivity index is 0.000000774. The fourth-order valence-corrected chi connectivity index (χ4v) is 2.53. The molecule has 1 aromatic heterocycles. The fraction of sp³-hybridized carbons (Fsp3) is 0.400. The Hall–Kier alpha value is -2.37. The van der Waals surface area contributed by atoms with Crippen LogP contribution in [0.25, 0.3) is 11.0 Å². The molecule has 6 heteroatoms. The number of rotatable bonds is 1. The van der Waals surface area contributed by atoms with E-state index in [4.69, 9.17) is 0 Å². The minimum Gasteiger partial charge on any atom is -0.305 e. The topological polar surface area (TPSA) is 84.0 Å². The first kappa shape index (κ1) is 15.0. The van der Waals surface area contributed by atoms with Gasteiger partial charge in [0, 0.05) is 6.42 Å². The Kier molecular flexibility index (Phi) is 4.26. The summed E-state index contributed by atoms with van der Waals surface area (Å²) in [6.07, 6.45) is 0.604. The number of imidazole rings is 1. The number of piperidine rings is 1. The van der Waals surface area contributed by atoms with Crippen LogP contribution in [0.1, 0.15) is 38.3 Å². The molecule has 0 radical (unpaired) electrons. The van der Waals surface area contributed by atoms with Crippen molar-refractivity contribution in [1.82, 2.24) is 14.9 Å². The predicted molar refractivity (Wildman–Crippen MR) is 80.1 cm³/mol. The van der Waals surface area contributed by atoms with E-state index in [0.29, 0.717) is 11.9 Å². The second-order valence-electron chi connectivity index (χ2n) is 4.74. The molecule has 21 heavy (non-hydrogen) atoms. The Morgan fingerprint density at radius 1 is 1.19 bits per heavy atom. The monoisotopic (exact) mass is 289 g/mol. The van der Waals surface area contributed by atoms with Crippen LogP contribution in [0.3, 0.4) is 0 Å². The second kappa shape index (κ2) is 5.95. The Labute approximate surface area is 122 Å². The number of fused-ring (bicyclic) bond motifs is 1. The SMILES string of the molecule is CC.Cc1cccc2c1[nH]c(=O)n2C1CCC(=O)NC1=O. The van der Waals surface area contributed by atoms with Crippen LogP contribution in [-0.4, -0.2) is 21.4 Å². The van der Waals surface area contributed by atoms with E-state index in [1.165, 1.54) is 4.57 Å². The van der Waals surface area contributed by atoms with Crippen molar-refractivity contribution in [3.8, 4) is 0 Å². The first-order chi connectivity index (χ1) is 10.1. The number of carbonyl (C=O) groups excluding carboxylic acids is 2. The van der Waals surface area contributed by atoms with Crippen LogP contribution < -0.4 is 11.0 Å². The number of benzene rings is 1. The van der Waals surface area contributed by atoms with Gasteiger partial charge in [-0.25, -0.2) is 4.79 Å². The summed E-state index contributed by atoms with van der Waals surface area (Å²) in [6.45, 7) is 5.90. The molecule has 1 atom stereocenters. The van der Waals surface area contributed by atoms with Crippen molar-refractivity contribution < 1.29 is 9.59 Å². The molecule has 1 aliphatic rings. The molecule has 0 bridgehead atoms. The lowest BCUT2D eigenvalue weighted by Crippen LogP contribution is -2.43. The van der Waals surface area contributed by atoms with Crippen LogP contribution in [0, 0.1) is 6.92 Å². The summed E-state index contributed by atoms with van der Waals surface area (Å²) >= 11 is 0. The van der Waals surface area contributed by atoms with E-state index in [1.54, 1.807) is 6.07 Å². The van der Waals surface area contributed by atoms with Gasteiger partial charge >= 0.3 is 5.69 Å². The summed E-state index contributed by atoms with van der Waals surface area (Å²) in [5.41, 5.74) is 2.05. The standard InChI is InChI=1S/C13H13N3O3.C2H6/c1-7-3-2-4-8-11(7)15-13(19)16(8)9-5-6-10(17)14-12(9)18;1-2/h2-4,9H,5-6H2,1H3,(H,15,19)(H,14,17,18);1-2H3. The number of aromatic nitrogens is 2. The van der Waals surface area contributed by atoms with Gasteiger partial charge in [-0.1, -0.05) is 26.0 Å². The average molecular weight is 289 g/mol. The number of H-pyrrole nitrogens is 1. The van der Waals surface area contributed by atoms with Gasteiger partial charge in [-0.3, -0.25) is 19.5 Å². The summed E-state index contributed by atoms with van der Waals surface area (Å²) in [7, 11) is 0. The van der Waals surface area contributed by atoms with Gasteiger partial charge in [-0.2, -0.15) is 0 Å². The molecule has 2 N–H and O–H groups in total. The first-order valence-corrected chi connectivity index (χ1v) is 7.11. The van der Waals surface area contributed by atoms with E-state index in [9.17, 15) is 14.4 Å². The van der Waals surface area contributed by atoms with Crippen LogP contribution in [-0.2, 0) is 9.59 Å². The predicted octanol–water partition coefficient (Wildman–Crippen LogP) is 1.64. The summed E-state index contributed by atoms with van der Waals surface area (Å²) in [6, 6.07) is 4.91. The highest BCUT2D eigenvalue weighted by atomic mass is 16.2. The molecule has 2 aromatic rings. The van der Waals surface area contributed by atoms with Gasteiger partial charge < -0.3 is 4.98 Å². The van der Waals surface area contributed by atoms with Crippen LogP contribution in [0.2, 0.25) is 0 Å². The van der Waals surface area contributed by atoms with Crippen LogP contribution in [0.4, 0.5) is 0 Å². The van der Waals surface area contributed by atoms with Crippen molar-refractivity contribution in [1.29, 1.82) is 0 Å². The van der Waals surface area contributed by atoms with E-state index in [0.717, 1.165) is 11.1 Å². The van der Waals surface area contributed by atoms with Crippen LogP contribution in [0.5, 0.6) is 0 Å². The fourth-order valence-electron chi connectivity index (χ4n) is 2.53. The number of nitrogens with zero attached hydrogens (tertiary/aromatic N) is 1. The molecule has 0 spiro atoms. The third-order valence-electron chi connectivity index (χ3n) is 3.48. The Morgan fingerprint density at radius 2 is 1.90 bits per heavy atom. The maximum Gasteiger partial charge on any atom is 0.327 e. The number of aromatic amines is 1. The average Bonchev–Trinajstić information content (AvgIpc) is 2.79. The summed E-state index contributed by atoms with van der Waals surface area (Å²) in [4.78, 5) is 37.9. The van der Waals surface area contributed by atoms with Crippen molar-refractivity contribution in [2.45, 2.75) is 39.7 Å². The maximum absolute atomic E-state index is 12.1. The smallest absolute Gasteiger partial charge is 0.305 e. The molecule has 112 valence electrons. The number of imide groups is 1. The second-order valence-corrected chi connectivity index (χ2v) is 4.74. The molecule has 0 aliphatic carbocycles. The van der Waals surface area contributed by atoms with Crippen molar-refractivity contribution in [3.63, 3.8) is 0 Å². The minimum atomic E-state index is -0.624. The molecule has 1 fully saturated rings. The van der Waals surface area contributed by atoms with Gasteiger partial charge in [0.1, 0.15) is 6.04 Å². The number of hydrogen-bond donors (Lipinski definition) is 2. The van der Waals surface area contributed by atoms with Crippen molar-refractivity contribution in [2.24, 2.45) is 0 Å². The molecule has 0 saturated carbocycles. The van der Waals surface area contributed by atoms with Gasteiger partial charge in [0.15, 0.2) is 0 Å². The molecule has 2 heterocycles. The van der Waals surface area contributed by atoms with Gasteiger partial charge in [-0.05, 0) is 25.0 Å². The lowest BCUT2D eigenvalue weighted by Gasteiger charge is -2.21. The molecule has 1 aliphatic heterocycles. The normalized spacial score (nSPS) is 18.1. The highest BCUT2D eigenvalue weighted by Crippen LogP contribution is 2.23. The highest BCUT2D eigenvalue weighted by Gasteiger charge is 2.30. The lowest BCUT2D eigenvalue weighted by atomic mass is 10.1. The number of aryl methyl sites for hydroxylation is 1. The molecule has 6 nitrogen and oxygen atoms in total. The summed E-state index contributed by atoms with van der Waals surface area (Å²) in [5, 5.41) is 2.27. The number of nitrogens with one attached hydrogen (secondary N) is 2. The number of amides is 2. The van der Waals surface area contributed by atoms with Crippen molar-refractivity contribution in [2.75, 3.05) is 0 Å². The van der Waals surface area contributed by atoms with Crippen LogP contribution in [0.15, 0.2) is 23.0 Å². The lowest BCUT2D eigenvalue weighted by molar-refractivity contribution is -0.135. The highest BCUT2D eigenvalue weighted by molar-refractivity contribution is 6.00. The maximum atomic E-state index is 12.1. The first-order valence-electron chi connectivity index (χ1n) is 7.11. The number of para-hydroxylation sites is 1. The number of hydrogen-bond acceptors (Lipinski definition) is 3. The third kappa shape index (κ3) is 2.61. The zero-order valence-electron chi connectivity index (χ0n) is 12.4. The minimum absolute atomic E-state index is 0.251. The number of carbonyl (C=O) groups is 2. The van der Waals surface area contributed by atoms with Crippen LogP contribution >= 0.6 is 0 Å². The zero-order valence-corrected chi connectivity index (χ0v) is 12.4. The quantitative estimate of drug-likeness (QED) is 0.783. The summed E-state index contributed by atoms with van der Waals surface area (Å²) in [5.74, 6) is -0.703. The van der Waals surface area contributed by atoms with Crippen molar-refractivity contribution >= 4 is 22.8 Å². The van der Waals surface area contributed by atoms with E-state index >= 15 is 0 Å². The molecule has 1 aromatic carbocycles. The van der Waals surface area contributed by atoms with Gasteiger partial charge in [0.05, 0.1) is 11.0 Å². The molecule has 1 saturated heterocycles. The van der Waals surface area contributed by atoms with Gasteiger partial charge in [0.2, 0.25) is 11.8 Å². The van der Waals surface area contributed by atoms with E-state index in [-0.39, 0.29) is 18.0 Å². The molecular formula is C15H19N3O3.